The van der Waals surface area contributed by atoms with Crippen LogP contribution in [0.5, 0.6) is 0 Å². The molecular weight excluding hydrogens is 216 g/mol. The lowest BCUT2D eigenvalue weighted by Crippen LogP contribution is -1.92. The molecule has 86 valence electrons. The molecule has 0 atom stereocenters. The van der Waals surface area contributed by atoms with Gasteiger partial charge in [0.15, 0.2) is 5.65 Å². The summed E-state index contributed by atoms with van der Waals surface area (Å²) in [6, 6.07) is 2.06. The Balaban J connectivity index is 2.24. The molecule has 0 aromatic carbocycles. The fourth-order valence-electron chi connectivity index (χ4n) is 1.89. The van der Waals surface area contributed by atoms with Crippen molar-refractivity contribution in [2.75, 3.05) is 5.73 Å². The fraction of sp³-hybridized carbons (Fsp3) is 0.182. The molecule has 3 aromatic heterocycles. The van der Waals surface area contributed by atoms with E-state index in [0.29, 0.717) is 0 Å². The van der Waals surface area contributed by atoms with Gasteiger partial charge in [0.2, 0.25) is 5.95 Å². The summed E-state index contributed by atoms with van der Waals surface area (Å²) in [7, 11) is 1.89. The molecule has 0 spiro atoms. The van der Waals surface area contributed by atoms with Crippen LogP contribution in [0, 0.1) is 6.92 Å². The van der Waals surface area contributed by atoms with E-state index in [1.807, 2.05) is 32.6 Å². The highest BCUT2D eigenvalue weighted by molar-refractivity contribution is 5.65. The molecule has 0 radical (unpaired) electrons. The standard InChI is InChI=1S/C11H12N6/c1-7-3-8(9-4-13-16(2)5-9)6-17-10(7)14-11(12)15-17/h3-6H,1-2H3,(H2,12,15). The summed E-state index contributed by atoms with van der Waals surface area (Å²) in [5.41, 5.74) is 9.51. The van der Waals surface area contributed by atoms with E-state index in [-0.39, 0.29) is 5.95 Å². The largest absolute Gasteiger partial charge is 0.366 e. The number of aromatic nitrogens is 5. The van der Waals surface area contributed by atoms with Crippen LogP contribution in [0.25, 0.3) is 16.8 Å². The van der Waals surface area contributed by atoms with Crippen molar-refractivity contribution in [2.24, 2.45) is 7.05 Å². The number of nitrogens with two attached hydrogens (primary N) is 1. The number of nitrogens with zero attached hydrogens (tertiary/aromatic N) is 5. The number of pyridine rings is 1. The Morgan fingerprint density at radius 2 is 2.06 bits per heavy atom. The van der Waals surface area contributed by atoms with E-state index in [2.05, 4.69) is 21.2 Å². The first kappa shape index (κ1) is 9.83. The molecule has 0 bridgehead atoms. The Hall–Kier alpha value is -2.37. The van der Waals surface area contributed by atoms with Crippen molar-refractivity contribution in [3.8, 4) is 11.1 Å². The lowest BCUT2D eigenvalue weighted by Gasteiger charge is -2.01. The highest BCUT2D eigenvalue weighted by Crippen LogP contribution is 2.21. The van der Waals surface area contributed by atoms with E-state index in [1.54, 1.807) is 9.20 Å². The van der Waals surface area contributed by atoms with Gasteiger partial charge < -0.3 is 5.73 Å². The van der Waals surface area contributed by atoms with Gasteiger partial charge in [-0.1, -0.05) is 0 Å². The molecule has 0 amide bonds. The second-order valence-corrected chi connectivity index (χ2v) is 4.05. The molecule has 0 saturated carbocycles. The summed E-state index contributed by atoms with van der Waals surface area (Å²) in [6.45, 7) is 1.99. The van der Waals surface area contributed by atoms with Crippen LogP contribution in [-0.2, 0) is 7.05 Å². The van der Waals surface area contributed by atoms with Crippen molar-refractivity contribution < 1.29 is 0 Å². The zero-order chi connectivity index (χ0) is 12.0. The van der Waals surface area contributed by atoms with Gasteiger partial charge in [-0.15, -0.1) is 5.10 Å². The maximum absolute atomic E-state index is 5.59. The van der Waals surface area contributed by atoms with Crippen molar-refractivity contribution in [1.29, 1.82) is 0 Å². The van der Waals surface area contributed by atoms with Crippen LogP contribution in [0.3, 0.4) is 0 Å². The molecule has 0 saturated heterocycles. The third-order valence-electron chi connectivity index (χ3n) is 2.67. The van der Waals surface area contributed by atoms with Crippen LogP contribution in [0.2, 0.25) is 0 Å². The van der Waals surface area contributed by atoms with Gasteiger partial charge in [-0.2, -0.15) is 10.1 Å². The zero-order valence-corrected chi connectivity index (χ0v) is 9.62. The van der Waals surface area contributed by atoms with Crippen molar-refractivity contribution in [1.82, 2.24) is 24.4 Å². The molecule has 6 nitrogen and oxygen atoms in total. The van der Waals surface area contributed by atoms with Crippen LogP contribution >= 0.6 is 0 Å². The number of hydrogen-bond donors (Lipinski definition) is 1. The summed E-state index contributed by atoms with van der Waals surface area (Å²) in [5, 5.41) is 8.28. The van der Waals surface area contributed by atoms with Crippen LogP contribution in [0.1, 0.15) is 5.56 Å². The number of hydrogen-bond acceptors (Lipinski definition) is 4. The molecule has 3 heterocycles. The topological polar surface area (TPSA) is 74.0 Å². The van der Waals surface area contributed by atoms with Crippen LogP contribution in [-0.4, -0.2) is 24.4 Å². The van der Waals surface area contributed by atoms with Crippen LogP contribution < -0.4 is 5.73 Å². The van der Waals surface area contributed by atoms with Gasteiger partial charge in [0.25, 0.3) is 0 Å². The van der Waals surface area contributed by atoms with Crippen molar-refractivity contribution in [3.05, 3.63) is 30.2 Å². The smallest absolute Gasteiger partial charge is 0.240 e. The van der Waals surface area contributed by atoms with E-state index >= 15 is 0 Å². The van der Waals surface area contributed by atoms with E-state index in [0.717, 1.165) is 22.3 Å². The molecule has 0 fully saturated rings. The Morgan fingerprint density at radius 3 is 2.76 bits per heavy atom. The molecular formula is C11H12N6. The summed E-state index contributed by atoms with van der Waals surface area (Å²) >= 11 is 0. The van der Waals surface area contributed by atoms with Gasteiger partial charge in [0.05, 0.1) is 6.20 Å². The molecule has 2 N–H and O–H groups in total. The number of nitrogen functional groups attached to an aromatic ring is 1. The molecule has 17 heavy (non-hydrogen) atoms. The maximum atomic E-state index is 5.59. The highest BCUT2D eigenvalue weighted by Gasteiger charge is 2.07. The third kappa shape index (κ3) is 1.54. The molecule has 0 aliphatic rings. The predicted octanol–water partition coefficient (Wildman–Crippen LogP) is 1.02. The van der Waals surface area contributed by atoms with E-state index in [4.69, 9.17) is 5.73 Å². The molecule has 6 heteroatoms. The number of anilines is 1. The lowest BCUT2D eigenvalue weighted by atomic mass is 10.1. The maximum Gasteiger partial charge on any atom is 0.240 e. The molecule has 0 unspecified atom stereocenters. The van der Waals surface area contributed by atoms with E-state index in [1.165, 1.54) is 0 Å². The van der Waals surface area contributed by atoms with Crippen LogP contribution in [0.15, 0.2) is 24.7 Å². The van der Waals surface area contributed by atoms with Crippen molar-refractivity contribution >= 4 is 11.6 Å². The zero-order valence-electron chi connectivity index (χ0n) is 9.62. The molecule has 3 rings (SSSR count). The number of rotatable bonds is 1. The highest BCUT2D eigenvalue weighted by atomic mass is 15.3. The quantitative estimate of drug-likeness (QED) is 0.674. The Bertz CT molecular complexity index is 693. The molecule has 0 aliphatic carbocycles. The Kier molecular flexibility index (Phi) is 1.91. The van der Waals surface area contributed by atoms with Crippen molar-refractivity contribution in [2.45, 2.75) is 6.92 Å². The van der Waals surface area contributed by atoms with Gasteiger partial charge in [-0.05, 0) is 18.6 Å². The minimum atomic E-state index is 0.288. The van der Waals surface area contributed by atoms with E-state index < -0.39 is 0 Å². The van der Waals surface area contributed by atoms with Crippen LogP contribution in [0.4, 0.5) is 5.95 Å². The van der Waals surface area contributed by atoms with Gasteiger partial charge in [-0.3, -0.25) is 4.68 Å². The fourth-order valence-corrected chi connectivity index (χ4v) is 1.89. The Labute approximate surface area is 97.7 Å². The van der Waals surface area contributed by atoms with Crippen molar-refractivity contribution in [3.63, 3.8) is 0 Å². The Morgan fingerprint density at radius 1 is 1.24 bits per heavy atom. The second-order valence-electron chi connectivity index (χ2n) is 4.05. The average molecular weight is 228 g/mol. The monoisotopic (exact) mass is 228 g/mol. The summed E-state index contributed by atoms with van der Waals surface area (Å²) in [6.07, 6.45) is 5.69. The summed E-state index contributed by atoms with van der Waals surface area (Å²) in [4.78, 5) is 4.16. The second kappa shape index (κ2) is 3.31. The summed E-state index contributed by atoms with van der Waals surface area (Å²) < 4.78 is 3.47. The normalized spacial score (nSPS) is 11.2. The summed E-state index contributed by atoms with van der Waals surface area (Å²) in [5.74, 6) is 0.288. The lowest BCUT2D eigenvalue weighted by molar-refractivity contribution is 0.768. The first-order chi connectivity index (χ1) is 8.13. The first-order valence-corrected chi connectivity index (χ1v) is 5.25. The van der Waals surface area contributed by atoms with Gasteiger partial charge in [0.1, 0.15) is 0 Å². The number of aryl methyl sites for hydroxylation is 2. The molecule has 0 aliphatic heterocycles. The average Bonchev–Trinajstić information content (AvgIpc) is 2.83. The molecule has 3 aromatic rings. The van der Waals surface area contributed by atoms with E-state index in [9.17, 15) is 0 Å². The third-order valence-corrected chi connectivity index (χ3v) is 2.67. The van der Waals surface area contributed by atoms with Gasteiger partial charge in [0, 0.05) is 30.6 Å². The predicted molar refractivity (Wildman–Crippen MR) is 64.3 cm³/mol. The first-order valence-electron chi connectivity index (χ1n) is 5.25. The van der Waals surface area contributed by atoms with Gasteiger partial charge in [-0.25, -0.2) is 4.52 Å². The SMILES string of the molecule is Cc1cc(-c2cnn(C)c2)cn2nc(N)nc12. The van der Waals surface area contributed by atoms with Gasteiger partial charge >= 0.3 is 0 Å². The number of fused-ring (bicyclic) bond motifs is 1. The minimum Gasteiger partial charge on any atom is -0.366 e. The minimum absolute atomic E-state index is 0.288.